The van der Waals surface area contributed by atoms with E-state index in [1.54, 1.807) is 0 Å². The fourth-order valence-corrected chi connectivity index (χ4v) is 0.776. The second-order valence-corrected chi connectivity index (χ2v) is 3.67. The predicted molar refractivity (Wildman–Crippen MR) is 37.6 cm³/mol. The van der Waals surface area contributed by atoms with Crippen molar-refractivity contribution in [2.24, 2.45) is 5.73 Å². The summed E-state index contributed by atoms with van der Waals surface area (Å²) in [5, 5.41) is 0. The van der Waals surface area contributed by atoms with Gasteiger partial charge in [-0.05, 0) is 0 Å². The van der Waals surface area contributed by atoms with Crippen LogP contribution in [-0.4, -0.2) is 40.0 Å². The van der Waals surface area contributed by atoms with Crippen LogP contribution in [-0.2, 0) is 14.5 Å². The van der Waals surface area contributed by atoms with Crippen molar-refractivity contribution < 1.29 is 12.6 Å². The molecule has 0 aliphatic rings. The van der Waals surface area contributed by atoms with E-state index in [1.807, 2.05) is 0 Å². The summed E-state index contributed by atoms with van der Waals surface area (Å²) in [4.78, 5) is 0. The quantitative estimate of drug-likeness (QED) is 0.570. The molecular formula is C4H12N2O3S. The zero-order chi connectivity index (χ0) is 8.20. The molecule has 0 aromatic carbocycles. The summed E-state index contributed by atoms with van der Waals surface area (Å²) in [5.41, 5.74) is 5.03. The lowest BCUT2D eigenvalue weighted by Gasteiger charge is -2.09. The molecule has 0 atom stereocenters. The van der Waals surface area contributed by atoms with Crippen molar-refractivity contribution in [2.45, 2.75) is 0 Å². The fraction of sp³-hybridized carbons (Fsp3) is 1.00. The van der Waals surface area contributed by atoms with Crippen molar-refractivity contribution in [3.63, 3.8) is 0 Å². The van der Waals surface area contributed by atoms with E-state index >= 15 is 0 Å². The van der Waals surface area contributed by atoms with E-state index in [2.05, 4.69) is 4.18 Å². The number of rotatable bonds is 4. The molecule has 0 spiro atoms. The van der Waals surface area contributed by atoms with Crippen LogP contribution < -0.4 is 5.73 Å². The Bertz CT molecular complexity index is 175. The number of hydrogen-bond acceptors (Lipinski definition) is 4. The van der Waals surface area contributed by atoms with Crippen LogP contribution in [0.5, 0.6) is 0 Å². The zero-order valence-electron chi connectivity index (χ0n) is 6.07. The van der Waals surface area contributed by atoms with E-state index in [0.29, 0.717) is 0 Å². The maximum absolute atomic E-state index is 10.7. The minimum Gasteiger partial charge on any atom is -0.328 e. The molecule has 2 N–H and O–H groups in total. The summed E-state index contributed by atoms with van der Waals surface area (Å²) in [5.74, 6) is 0. The van der Waals surface area contributed by atoms with Gasteiger partial charge in [0, 0.05) is 20.6 Å². The highest BCUT2D eigenvalue weighted by atomic mass is 32.2. The first-order valence-electron chi connectivity index (χ1n) is 2.77. The first kappa shape index (κ1) is 9.83. The standard InChI is InChI=1S/C4H12N2O3S/c1-6(2)10(7,8)9-4-3-5/h3-5H2,1-2H3. The minimum atomic E-state index is -3.51. The van der Waals surface area contributed by atoms with E-state index in [-0.39, 0.29) is 13.2 Å². The maximum Gasteiger partial charge on any atom is 0.337 e. The molecule has 0 aliphatic carbocycles. The van der Waals surface area contributed by atoms with Gasteiger partial charge >= 0.3 is 10.3 Å². The van der Waals surface area contributed by atoms with Crippen LogP contribution in [0, 0.1) is 0 Å². The smallest absolute Gasteiger partial charge is 0.328 e. The highest BCUT2D eigenvalue weighted by molar-refractivity contribution is 7.84. The molecular weight excluding hydrogens is 156 g/mol. The summed E-state index contributed by atoms with van der Waals surface area (Å²) in [6, 6.07) is 0. The third-order valence-corrected chi connectivity index (χ3v) is 2.16. The van der Waals surface area contributed by atoms with Gasteiger partial charge in [0.2, 0.25) is 0 Å². The van der Waals surface area contributed by atoms with Gasteiger partial charge in [0.1, 0.15) is 0 Å². The monoisotopic (exact) mass is 168 g/mol. The Balaban J connectivity index is 3.90. The summed E-state index contributed by atoms with van der Waals surface area (Å²) >= 11 is 0. The Hall–Kier alpha value is -0.170. The van der Waals surface area contributed by atoms with Crippen molar-refractivity contribution in [3.05, 3.63) is 0 Å². The first-order valence-corrected chi connectivity index (χ1v) is 4.14. The normalized spacial score (nSPS) is 12.4. The molecule has 0 heterocycles. The van der Waals surface area contributed by atoms with Crippen molar-refractivity contribution in [3.8, 4) is 0 Å². The zero-order valence-corrected chi connectivity index (χ0v) is 6.89. The van der Waals surface area contributed by atoms with E-state index in [9.17, 15) is 8.42 Å². The summed E-state index contributed by atoms with van der Waals surface area (Å²) in [6.45, 7) is 0.230. The highest BCUT2D eigenvalue weighted by Gasteiger charge is 2.12. The Kier molecular flexibility index (Phi) is 3.80. The Morgan fingerprint density at radius 2 is 2.00 bits per heavy atom. The van der Waals surface area contributed by atoms with E-state index < -0.39 is 10.3 Å². The molecule has 0 aliphatic heterocycles. The lowest BCUT2D eigenvalue weighted by atomic mass is 10.8. The molecule has 5 nitrogen and oxygen atoms in total. The largest absolute Gasteiger partial charge is 0.337 e. The number of nitrogens with two attached hydrogens (primary N) is 1. The number of nitrogens with zero attached hydrogens (tertiary/aromatic N) is 1. The molecule has 0 rings (SSSR count). The molecule has 0 unspecified atom stereocenters. The summed E-state index contributed by atoms with van der Waals surface area (Å²) in [6.07, 6.45) is 0. The van der Waals surface area contributed by atoms with Gasteiger partial charge in [-0.1, -0.05) is 0 Å². The van der Waals surface area contributed by atoms with E-state index in [0.717, 1.165) is 4.31 Å². The Labute approximate surface area is 61.0 Å². The molecule has 0 saturated heterocycles. The van der Waals surface area contributed by atoms with Crippen LogP contribution in [0.3, 0.4) is 0 Å². The Morgan fingerprint density at radius 1 is 1.50 bits per heavy atom. The van der Waals surface area contributed by atoms with Crippen molar-refractivity contribution >= 4 is 10.3 Å². The van der Waals surface area contributed by atoms with Crippen LogP contribution >= 0.6 is 0 Å². The van der Waals surface area contributed by atoms with Crippen molar-refractivity contribution in [1.29, 1.82) is 0 Å². The van der Waals surface area contributed by atoms with Gasteiger partial charge in [-0.2, -0.15) is 12.7 Å². The maximum atomic E-state index is 10.7. The van der Waals surface area contributed by atoms with E-state index in [4.69, 9.17) is 5.73 Å². The SMILES string of the molecule is CN(C)S(=O)(=O)OCCN. The third kappa shape index (κ3) is 3.11. The topological polar surface area (TPSA) is 72.6 Å². The van der Waals surface area contributed by atoms with Gasteiger partial charge in [0.05, 0.1) is 6.61 Å². The average molecular weight is 168 g/mol. The molecule has 6 heteroatoms. The van der Waals surface area contributed by atoms with Gasteiger partial charge in [0.15, 0.2) is 0 Å². The van der Waals surface area contributed by atoms with Crippen LogP contribution in [0.2, 0.25) is 0 Å². The molecule has 62 valence electrons. The third-order valence-electron chi connectivity index (χ3n) is 0.797. The lowest BCUT2D eigenvalue weighted by molar-refractivity contribution is 0.296. The van der Waals surface area contributed by atoms with Crippen LogP contribution in [0.15, 0.2) is 0 Å². The fourth-order valence-electron chi connectivity index (χ4n) is 0.259. The van der Waals surface area contributed by atoms with Gasteiger partial charge in [-0.15, -0.1) is 0 Å². The second-order valence-electron chi connectivity index (χ2n) is 1.85. The number of hydrogen-bond donors (Lipinski definition) is 1. The van der Waals surface area contributed by atoms with Gasteiger partial charge < -0.3 is 5.73 Å². The average Bonchev–Trinajstić information content (AvgIpc) is 1.84. The molecule has 0 aromatic heterocycles. The molecule has 0 bridgehead atoms. The first-order chi connectivity index (χ1) is 4.50. The van der Waals surface area contributed by atoms with E-state index in [1.165, 1.54) is 14.1 Å². The molecule has 0 amide bonds. The molecule has 0 fully saturated rings. The van der Waals surface area contributed by atoms with Gasteiger partial charge in [-0.25, -0.2) is 0 Å². The molecule has 0 radical (unpaired) electrons. The van der Waals surface area contributed by atoms with Crippen molar-refractivity contribution in [1.82, 2.24) is 4.31 Å². The summed E-state index contributed by atoms with van der Waals surface area (Å²) < 4.78 is 26.9. The minimum absolute atomic E-state index is 0.0283. The van der Waals surface area contributed by atoms with Crippen LogP contribution in [0.25, 0.3) is 0 Å². The van der Waals surface area contributed by atoms with Crippen LogP contribution in [0.1, 0.15) is 0 Å². The van der Waals surface area contributed by atoms with Crippen LogP contribution in [0.4, 0.5) is 0 Å². The Morgan fingerprint density at radius 3 is 2.30 bits per heavy atom. The highest BCUT2D eigenvalue weighted by Crippen LogP contribution is 1.94. The molecule has 0 saturated carbocycles. The summed E-state index contributed by atoms with van der Waals surface area (Å²) in [7, 11) is -0.718. The van der Waals surface area contributed by atoms with Gasteiger partial charge in [0.25, 0.3) is 0 Å². The molecule has 0 aromatic rings. The second kappa shape index (κ2) is 3.87. The van der Waals surface area contributed by atoms with Crippen molar-refractivity contribution in [2.75, 3.05) is 27.2 Å². The van der Waals surface area contributed by atoms with Gasteiger partial charge in [-0.3, -0.25) is 4.18 Å². The lowest BCUT2D eigenvalue weighted by Crippen LogP contribution is -2.26. The predicted octanol–water partition coefficient (Wildman–Crippen LogP) is -1.23. The molecule has 10 heavy (non-hydrogen) atoms.